The van der Waals surface area contributed by atoms with Gasteiger partial charge in [0.25, 0.3) is 0 Å². The van der Waals surface area contributed by atoms with Gasteiger partial charge >= 0.3 is 5.97 Å². The number of nitrogens with zero attached hydrogens (tertiary/aromatic N) is 1. The summed E-state index contributed by atoms with van der Waals surface area (Å²) in [6.07, 6.45) is 10.3. The normalized spacial score (nSPS) is 44.0. The fourth-order valence-corrected chi connectivity index (χ4v) is 11.0. The summed E-state index contributed by atoms with van der Waals surface area (Å²) in [5.41, 5.74) is 2.06. The largest absolute Gasteiger partial charge is 0.462 e. The van der Waals surface area contributed by atoms with E-state index in [2.05, 4.69) is 51.4 Å². The van der Waals surface area contributed by atoms with Crippen LogP contribution in [0, 0.1) is 35.5 Å². The molecule has 0 aromatic carbocycles. The summed E-state index contributed by atoms with van der Waals surface area (Å²) in [5, 5.41) is 0. The number of carbonyl (C=O) groups excluding carboxylic acids is 2. The zero-order valence-corrected chi connectivity index (χ0v) is 34.9. The first-order chi connectivity index (χ1) is 26.4. The van der Waals surface area contributed by atoms with Crippen LogP contribution in [0.15, 0.2) is 36.0 Å². The second-order valence-corrected chi connectivity index (χ2v) is 17.2. The Morgan fingerprint density at radius 1 is 0.873 bits per heavy atom. The van der Waals surface area contributed by atoms with Crippen molar-refractivity contribution >= 4 is 11.8 Å². The van der Waals surface area contributed by atoms with Crippen LogP contribution in [-0.4, -0.2) is 119 Å². The Morgan fingerprint density at radius 2 is 1.62 bits per heavy atom. The van der Waals surface area contributed by atoms with E-state index in [4.69, 9.17) is 37.9 Å². The van der Waals surface area contributed by atoms with Gasteiger partial charge in [-0.3, -0.25) is 14.5 Å². The van der Waals surface area contributed by atoms with E-state index in [9.17, 15) is 9.59 Å². The maximum absolute atomic E-state index is 14.8. The Hall–Kier alpha value is -1.96. The van der Waals surface area contributed by atoms with E-state index in [0.717, 1.165) is 57.1 Å². The molecule has 0 bridgehead atoms. The average Bonchev–Trinajstić information content (AvgIpc) is 3.74. The summed E-state index contributed by atoms with van der Waals surface area (Å²) in [6, 6.07) is 0.285. The van der Waals surface area contributed by atoms with Crippen molar-refractivity contribution < 1.29 is 47.5 Å². The molecule has 0 amide bonds. The summed E-state index contributed by atoms with van der Waals surface area (Å²) in [5.74, 6) is -0.0537. The van der Waals surface area contributed by atoms with Gasteiger partial charge in [-0.25, -0.2) is 0 Å². The molecule has 3 aliphatic carbocycles. The number of cyclic esters (lactones) is 1. The fourth-order valence-electron chi connectivity index (χ4n) is 11.0. The third kappa shape index (κ3) is 9.04. The number of Topliss-reactive ketones (excluding diaryl/α,β-unsaturated/α-hetero) is 1. The topological polar surface area (TPSA) is 111 Å². The highest BCUT2D eigenvalue weighted by Gasteiger charge is 2.53. The first-order valence-corrected chi connectivity index (χ1v) is 21.1. The molecule has 0 N–H and O–H groups in total. The van der Waals surface area contributed by atoms with Crippen LogP contribution >= 0.6 is 0 Å². The summed E-state index contributed by atoms with van der Waals surface area (Å²) in [7, 11) is 7.09. The number of hydrogen-bond acceptors (Lipinski definition) is 11. The molecule has 1 saturated carbocycles. The van der Waals surface area contributed by atoms with Gasteiger partial charge in [-0.1, -0.05) is 37.6 Å². The lowest BCUT2D eigenvalue weighted by atomic mass is 9.67. The molecule has 5 unspecified atom stereocenters. The molecular weight excluding hydrogens is 702 g/mol. The van der Waals surface area contributed by atoms with Crippen LogP contribution in [-0.2, 0) is 47.5 Å². The first kappa shape index (κ1) is 42.6. The lowest BCUT2D eigenvalue weighted by Gasteiger charge is -2.44. The number of fused-ring (bicyclic) bond motifs is 5. The van der Waals surface area contributed by atoms with Gasteiger partial charge in [-0.2, -0.15) is 0 Å². The van der Waals surface area contributed by atoms with Gasteiger partial charge in [-0.15, -0.1) is 6.58 Å². The van der Waals surface area contributed by atoms with Gasteiger partial charge < -0.3 is 37.9 Å². The van der Waals surface area contributed by atoms with E-state index in [1.54, 1.807) is 21.3 Å². The number of esters is 1. The van der Waals surface area contributed by atoms with E-state index in [1.165, 1.54) is 5.57 Å². The van der Waals surface area contributed by atoms with E-state index in [0.29, 0.717) is 12.3 Å². The molecule has 6 aliphatic rings. The third-order valence-electron chi connectivity index (χ3n) is 14.0. The van der Waals surface area contributed by atoms with Gasteiger partial charge in [-0.05, 0) is 108 Å². The molecule has 11 heteroatoms. The predicted molar refractivity (Wildman–Crippen MR) is 208 cm³/mol. The third-order valence-corrected chi connectivity index (χ3v) is 14.0. The number of methoxy groups -OCH3 is 3. The van der Waals surface area contributed by atoms with Crippen LogP contribution < -0.4 is 0 Å². The number of ether oxygens (including phenoxy) is 8. The molecule has 3 heterocycles. The van der Waals surface area contributed by atoms with Crippen molar-refractivity contribution in [1.82, 2.24) is 4.90 Å². The summed E-state index contributed by atoms with van der Waals surface area (Å²) in [4.78, 5) is 30.7. The Balaban J connectivity index is 1.22. The molecule has 4 fully saturated rings. The summed E-state index contributed by atoms with van der Waals surface area (Å²) in [6.45, 7) is 15.1. The molecular formula is C44H69NO10. The van der Waals surface area contributed by atoms with Crippen LogP contribution in [0.4, 0.5) is 0 Å². The molecule has 0 radical (unpaired) electrons. The van der Waals surface area contributed by atoms with Crippen molar-refractivity contribution in [3.63, 3.8) is 0 Å². The zero-order chi connectivity index (χ0) is 39.6. The van der Waals surface area contributed by atoms with Crippen LogP contribution in [0.5, 0.6) is 0 Å². The van der Waals surface area contributed by atoms with Gasteiger partial charge in [0.2, 0.25) is 0 Å². The molecule has 17 atom stereocenters. The van der Waals surface area contributed by atoms with E-state index < -0.39 is 12.4 Å². The number of carbonyl (C=O) groups is 2. The van der Waals surface area contributed by atoms with Crippen molar-refractivity contribution in [2.24, 2.45) is 35.5 Å². The van der Waals surface area contributed by atoms with Crippen LogP contribution in [0.2, 0.25) is 0 Å². The number of ketones is 1. The monoisotopic (exact) mass is 771 g/mol. The Labute approximate surface area is 329 Å². The van der Waals surface area contributed by atoms with Gasteiger partial charge in [0.1, 0.15) is 24.4 Å². The number of rotatable bonds is 11. The summed E-state index contributed by atoms with van der Waals surface area (Å²) < 4.78 is 49.9. The van der Waals surface area contributed by atoms with Crippen LogP contribution in [0.25, 0.3) is 0 Å². The molecule has 0 spiro atoms. The SMILES string of the molecule is C=CCN(C)[C@H]1CCC(O[C@H]2CCC[C@H](CC)OC(=O)C[C@@H]3C(=C[C@@H]4[C@H]3C=C(C)[C@@H]3C[C@@H](O[C@@H]5OC(C)[C@H](OC)C(OC)C5OC)C[C@@H]43)C(=O)[C@@H]2C)OC1C. The molecule has 55 heavy (non-hydrogen) atoms. The minimum absolute atomic E-state index is 0.00536. The lowest BCUT2D eigenvalue weighted by Crippen LogP contribution is -2.59. The molecule has 0 aromatic rings. The van der Waals surface area contributed by atoms with Gasteiger partial charge in [0.15, 0.2) is 18.4 Å². The first-order valence-electron chi connectivity index (χ1n) is 21.1. The number of likely N-dealkylation sites (N-methyl/N-ethyl adjacent to an activating group) is 1. The molecule has 6 rings (SSSR count). The highest BCUT2D eigenvalue weighted by Crippen LogP contribution is 2.56. The maximum Gasteiger partial charge on any atom is 0.306 e. The number of allylic oxidation sites excluding steroid dienone is 4. The van der Waals surface area contributed by atoms with Crippen molar-refractivity contribution in [3.8, 4) is 0 Å². The Kier molecular flexibility index (Phi) is 14.5. The standard InChI is InChI=1S/C44H69NO10/c1-11-18-45(7)36-16-17-39(51-26(36)5)55-37-15-13-14-28(12-2)53-38(46)23-34-31-19-24(3)30-20-29(21-32(30)33(31)22-35(34)40(47)25(37)4)54-44-43(50-10)42(49-9)41(48-8)27(6)52-44/h11,19,22,25-34,36-37,39,41-44H,1,12-18,20-21,23H2,2-10H3/t25-,26?,27?,28+,29-,30+,31-,32-,33-,34+,36+,37+,39?,41+,42?,43?,44+/m1/s1. The highest BCUT2D eigenvalue weighted by atomic mass is 16.7. The van der Waals surface area contributed by atoms with Gasteiger partial charge in [0.05, 0.1) is 30.8 Å². The lowest BCUT2D eigenvalue weighted by molar-refractivity contribution is -0.314. The van der Waals surface area contributed by atoms with Crippen molar-refractivity contribution in [2.75, 3.05) is 34.9 Å². The predicted octanol–water partition coefficient (Wildman–Crippen LogP) is 6.43. The molecule has 310 valence electrons. The zero-order valence-electron chi connectivity index (χ0n) is 34.9. The van der Waals surface area contributed by atoms with E-state index >= 15 is 0 Å². The quantitative estimate of drug-likeness (QED) is 0.171. The number of hydrogen-bond donors (Lipinski definition) is 0. The molecule has 3 saturated heterocycles. The second kappa shape index (κ2) is 18.7. The van der Waals surface area contributed by atoms with E-state index in [-0.39, 0.29) is 103 Å². The highest BCUT2D eigenvalue weighted by molar-refractivity contribution is 5.99. The second-order valence-electron chi connectivity index (χ2n) is 17.2. The van der Waals surface area contributed by atoms with E-state index in [1.807, 2.05) is 19.9 Å². The van der Waals surface area contributed by atoms with Crippen molar-refractivity contribution in [2.45, 2.75) is 160 Å². The van der Waals surface area contributed by atoms with Crippen LogP contribution in [0.3, 0.4) is 0 Å². The maximum atomic E-state index is 14.8. The Morgan fingerprint density at radius 3 is 2.29 bits per heavy atom. The Bertz CT molecular complexity index is 1400. The fraction of sp³-hybridized carbons (Fsp3) is 0.818. The minimum atomic E-state index is -0.603. The minimum Gasteiger partial charge on any atom is -0.462 e. The molecule has 0 aromatic heterocycles. The molecule has 11 nitrogen and oxygen atoms in total. The average molecular weight is 772 g/mol. The summed E-state index contributed by atoms with van der Waals surface area (Å²) >= 11 is 0. The van der Waals surface area contributed by atoms with Crippen molar-refractivity contribution in [1.29, 1.82) is 0 Å². The van der Waals surface area contributed by atoms with Crippen LogP contribution in [0.1, 0.15) is 92.4 Å². The van der Waals surface area contributed by atoms with Gasteiger partial charge in [0, 0.05) is 45.8 Å². The van der Waals surface area contributed by atoms with Crippen molar-refractivity contribution in [3.05, 3.63) is 36.0 Å². The molecule has 3 aliphatic heterocycles. The smallest absolute Gasteiger partial charge is 0.306 e.